The van der Waals surface area contributed by atoms with Crippen LogP contribution < -0.4 is 10.1 Å². The van der Waals surface area contributed by atoms with E-state index >= 15 is 0 Å². The van der Waals surface area contributed by atoms with Crippen LogP contribution in [0.1, 0.15) is 0 Å². The molecule has 0 aliphatic carbocycles. The van der Waals surface area contributed by atoms with Crippen molar-refractivity contribution in [2.45, 2.75) is 0 Å². The van der Waals surface area contributed by atoms with Crippen molar-refractivity contribution in [2.75, 3.05) is 12.4 Å². The molecule has 5 heteroatoms. The van der Waals surface area contributed by atoms with Crippen LogP contribution in [0.3, 0.4) is 0 Å². The van der Waals surface area contributed by atoms with Crippen LogP contribution in [0.4, 0.5) is 11.4 Å². The number of nitrogens with zero attached hydrogens (tertiary/aromatic N) is 3. The number of aryl methyl sites for hydroxylation is 1. The molecule has 5 aromatic rings. The molecule has 0 amide bonds. The van der Waals surface area contributed by atoms with Crippen LogP contribution in [0.25, 0.3) is 33.3 Å². The molecule has 5 rings (SSSR count). The van der Waals surface area contributed by atoms with Gasteiger partial charge in [0.1, 0.15) is 11.6 Å². The zero-order valence-electron chi connectivity index (χ0n) is 16.3. The molecule has 0 bridgehead atoms. The van der Waals surface area contributed by atoms with Gasteiger partial charge in [0.15, 0.2) is 0 Å². The number of hydrogen-bond acceptors (Lipinski definition) is 4. The van der Waals surface area contributed by atoms with E-state index in [1.165, 1.54) is 0 Å². The highest BCUT2D eigenvalue weighted by molar-refractivity contribution is 6.11. The van der Waals surface area contributed by atoms with Gasteiger partial charge < -0.3 is 14.6 Å². The van der Waals surface area contributed by atoms with Gasteiger partial charge in [-0.3, -0.25) is 4.98 Å². The van der Waals surface area contributed by atoms with Gasteiger partial charge in [-0.2, -0.15) is 0 Å². The number of ether oxygens (including phenoxy) is 1. The lowest BCUT2D eigenvalue weighted by molar-refractivity contribution is 0.415. The molecule has 0 aliphatic heterocycles. The molecule has 0 radical (unpaired) electrons. The summed E-state index contributed by atoms with van der Waals surface area (Å²) >= 11 is 0. The maximum Gasteiger partial charge on any atom is 0.140 e. The van der Waals surface area contributed by atoms with Crippen molar-refractivity contribution < 1.29 is 4.74 Å². The van der Waals surface area contributed by atoms with Crippen molar-refractivity contribution >= 4 is 33.3 Å². The van der Waals surface area contributed by atoms with E-state index in [0.717, 1.165) is 50.4 Å². The molecule has 2 aromatic heterocycles. The molecule has 0 fully saturated rings. The van der Waals surface area contributed by atoms with Crippen LogP contribution in [-0.2, 0) is 7.05 Å². The number of pyridine rings is 1. The second kappa shape index (κ2) is 6.95. The number of fused-ring (bicyclic) bond motifs is 3. The zero-order chi connectivity index (χ0) is 19.8. The van der Waals surface area contributed by atoms with Gasteiger partial charge in [-0.05, 0) is 42.5 Å². The summed E-state index contributed by atoms with van der Waals surface area (Å²) in [5.41, 5.74) is 6.01. The number of methoxy groups -OCH3 is 1. The Bertz CT molecular complexity index is 1310. The van der Waals surface area contributed by atoms with Crippen molar-refractivity contribution in [3.8, 4) is 17.1 Å². The van der Waals surface area contributed by atoms with E-state index in [1.807, 2.05) is 66.9 Å². The zero-order valence-corrected chi connectivity index (χ0v) is 16.3. The first-order valence-corrected chi connectivity index (χ1v) is 9.45. The lowest BCUT2D eigenvalue weighted by Gasteiger charge is -2.12. The summed E-state index contributed by atoms with van der Waals surface area (Å²) in [5, 5.41) is 4.58. The molecular weight excluding hydrogens is 360 g/mol. The van der Waals surface area contributed by atoms with Crippen LogP contribution >= 0.6 is 0 Å². The van der Waals surface area contributed by atoms with E-state index in [2.05, 4.69) is 34.0 Å². The van der Waals surface area contributed by atoms with E-state index in [-0.39, 0.29) is 0 Å². The van der Waals surface area contributed by atoms with Crippen LogP contribution in [-0.4, -0.2) is 21.6 Å². The number of hydrogen-bond donors (Lipinski definition) is 1. The predicted molar refractivity (Wildman–Crippen MR) is 118 cm³/mol. The molecule has 2 heterocycles. The van der Waals surface area contributed by atoms with E-state index in [9.17, 15) is 0 Å². The van der Waals surface area contributed by atoms with Gasteiger partial charge in [-0.1, -0.05) is 30.3 Å². The predicted octanol–water partition coefficient (Wildman–Crippen LogP) is 5.54. The number of aromatic nitrogens is 3. The van der Waals surface area contributed by atoms with Gasteiger partial charge in [0, 0.05) is 29.9 Å². The fourth-order valence-corrected chi connectivity index (χ4v) is 3.72. The van der Waals surface area contributed by atoms with Gasteiger partial charge in [-0.25, -0.2) is 4.98 Å². The van der Waals surface area contributed by atoms with E-state index in [1.54, 1.807) is 7.11 Å². The minimum absolute atomic E-state index is 0.830. The van der Waals surface area contributed by atoms with Gasteiger partial charge in [-0.15, -0.1) is 0 Å². The van der Waals surface area contributed by atoms with E-state index < -0.39 is 0 Å². The maximum absolute atomic E-state index is 5.26. The molecule has 0 saturated heterocycles. The normalized spacial score (nSPS) is 11.1. The molecule has 0 atom stereocenters. The Hall–Kier alpha value is -3.86. The summed E-state index contributed by atoms with van der Waals surface area (Å²) in [6.45, 7) is 0. The Morgan fingerprint density at radius 2 is 1.62 bits per heavy atom. The molecule has 0 saturated carbocycles. The quantitative estimate of drug-likeness (QED) is 0.445. The molecule has 0 spiro atoms. The van der Waals surface area contributed by atoms with Gasteiger partial charge in [0.2, 0.25) is 0 Å². The van der Waals surface area contributed by atoms with Crippen molar-refractivity contribution in [1.82, 2.24) is 14.5 Å². The first-order chi connectivity index (χ1) is 14.2. The van der Waals surface area contributed by atoms with Gasteiger partial charge >= 0.3 is 0 Å². The summed E-state index contributed by atoms with van der Waals surface area (Å²) < 4.78 is 7.41. The van der Waals surface area contributed by atoms with Crippen molar-refractivity contribution in [1.29, 1.82) is 0 Å². The highest BCUT2D eigenvalue weighted by Gasteiger charge is 2.15. The second-order valence-corrected chi connectivity index (χ2v) is 6.90. The fraction of sp³-hybridized carbons (Fsp3) is 0.0833. The molecule has 142 valence electrons. The Labute approximate surface area is 168 Å². The van der Waals surface area contributed by atoms with Crippen molar-refractivity contribution in [2.24, 2.45) is 7.05 Å². The summed E-state index contributed by atoms with van der Waals surface area (Å²) in [5.74, 6) is 1.77. The van der Waals surface area contributed by atoms with Crippen molar-refractivity contribution in [3.63, 3.8) is 0 Å². The third-order valence-electron chi connectivity index (χ3n) is 5.14. The summed E-state index contributed by atoms with van der Waals surface area (Å²) in [6, 6.07) is 24.2. The van der Waals surface area contributed by atoms with Crippen LogP contribution in [0.5, 0.6) is 5.75 Å². The first-order valence-electron chi connectivity index (χ1n) is 9.45. The summed E-state index contributed by atoms with van der Waals surface area (Å²) in [6.07, 6.45) is 1.83. The van der Waals surface area contributed by atoms with Gasteiger partial charge in [0.25, 0.3) is 0 Å². The number of benzene rings is 3. The minimum Gasteiger partial charge on any atom is -0.497 e. The Morgan fingerprint density at radius 3 is 2.38 bits per heavy atom. The smallest absolute Gasteiger partial charge is 0.140 e. The SMILES string of the molecule is COc1ccc(Nc2ccnc3ccc4nc(-c5ccccc5)n(C)c4c23)cc1. The summed E-state index contributed by atoms with van der Waals surface area (Å²) in [4.78, 5) is 9.48. The second-order valence-electron chi connectivity index (χ2n) is 6.90. The van der Waals surface area contributed by atoms with E-state index in [4.69, 9.17) is 9.72 Å². The largest absolute Gasteiger partial charge is 0.497 e. The summed E-state index contributed by atoms with van der Waals surface area (Å²) in [7, 11) is 3.73. The highest BCUT2D eigenvalue weighted by atomic mass is 16.5. The third kappa shape index (κ3) is 2.97. The number of anilines is 2. The average Bonchev–Trinajstić information content (AvgIpc) is 3.12. The lowest BCUT2D eigenvalue weighted by atomic mass is 10.1. The number of rotatable bonds is 4. The maximum atomic E-state index is 5.26. The molecule has 0 aliphatic rings. The van der Waals surface area contributed by atoms with E-state index in [0.29, 0.717) is 0 Å². The number of imidazole rings is 1. The fourth-order valence-electron chi connectivity index (χ4n) is 3.72. The molecule has 29 heavy (non-hydrogen) atoms. The third-order valence-corrected chi connectivity index (χ3v) is 5.14. The molecular formula is C24H20N4O. The molecule has 1 N–H and O–H groups in total. The minimum atomic E-state index is 0.830. The molecule has 5 nitrogen and oxygen atoms in total. The Morgan fingerprint density at radius 1 is 0.862 bits per heavy atom. The first kappa shape index (κ1) is 17.3. The average molecular weight is 380 g/mol. The van der Waals surface area contributed by atoms with Crippen LogP contribution in [0, 0.1) is 0 Å². The van der Waals surface area contributed by atoms with Crippen LogP contribution in [0.2, 0.25) is 0 Å². The molecule has 3 aromatic carbocycles. The van der Waals surface area contributed by atoms with Crippen molar-refractivity contribution in [3.05, 3.63) is 79.0 Å². The Kier molecular flexibility index (Phi) is 4.13. The van der Waals surface area contributed by atoms with Gasteiger partial charge in [0.05, 0.1) is 29.3 Å². The lowest BCUT2D eigenvalue weighted by Crippen LogP contribution is -1.97. The molecule has 0 unspecified atom stereocenters. The standard InChI is InChI=1S/C24H20N4O/c1-28-23-21(27-24(28)16-6-4-3-5-7-16)13-12-19-22(23)20(14-15-25-19)26-17-8-10-18(29-2)11-9-17/h3-15H,1-2H3,(H,25,26). The highest BCUT2D eigenvalue weighted by Crippen LogP contribution is 2.34. The monoisotopic (exact) mass is 380 g/mol. The van der Waals surface area contributed by atoms with Crippen LogP contribution in [0.15, 0.2) is 79.0 Å². The topological polar surface area (TPSA) is 52.0 Å². The number of nitrogens with one attached hydrogen (secondary N) is 1. The Balaban J connectivity index is 1.70.